The fraction of sp³-hybridized carbons (Fsp3) is 0.130. The average molecular weight is 391 g/mol. The van der Waals surface area contributed by atoms with Crippen molar-refractivity contribution in [2.24, 2.45) is 0 Å². The second-order valence-corrected chi connectivity index (χ2v) is 7.60. The summed E-state index contributed by atoms with van der Waals surface area (Å²) in [6.07, 6.45) is 0. The van der Waals surface area contributed by atoms with Gasteiger partial charge in [-0.05, 0) is 56.3 Å². The van der Waals surface area contributed by atoms with Crippen molar-refractivity contribution in [2.45, 2.75) is 18.7 Å². The van der Waals surface area contributed by atoms with Crippen LogP contribution in [-0.2, 0) is 4.79 Å². The smallest absolute Gasteiger partial charge is 0.255 e. The molecule has 0 saturated heterocycles. The summed E-state index contributed by atoms with van der Waals surface area (Å²) >= 11 is 1.43. The number of hydrogen-bond acceptors (Lipinski definition) is 3. The molecule has 0 fully saturated rings. The maximum Gasteiger partial charge on any atom is 0.255 e. The first-order chi connectivity index (χ1) is 13.5. The van der Waals surface area contributed by atoms with Crippen LogP contribution < -0.4 is 10.6 Å². The summed E-state index contributed by atoms with van der Waals surface area (Å²) in [7, 11) is 0. The van der Waals surface area contributed by atoms with Gasteiger partial charge < -0.3 is 10.6 Å². The second-order valence-electron chi connectivity index (χ2n) is 6.55. The van der Waals surface area contributed by atoms with Crippen LogP contribution in [0.5, 0.6) is 0 Å². The van der Waals surface area contributed by atoms with Gasteiger partial charge >= 0.3 is 0 Å². The summed E-state index contributed by atoms with van der Waals surface area (Å²) in [5.74, 6) is 0.0781. The zero-order valence-corrected chi connectivity index (χ0v) is 16.7. The van der Waals surface area contributed by atoms with Crippen LogP contribution in [0.1, 0.15) is 21.5 Å². The largest absolute Gasteiger partial charge is 0.325 e. The third-order valence-electron chi connectivity index (χ3n) is 4.08. The van der Waals surface area contributed by atoms with Gasteiger partial charge in [-0.3, -0.25) is 9.59 Å². The topological polar surface area (TPSA) is 58.2 Å². The first-order valence-corrected chi connectivity index (χ1v) is 9.95. The Hall–Kier alpha value is -3.05. The Morgan fingerprint density at radius 1 is 0.786 bits per heavy atom. The van der Waals surface area contributed by atoms with Gasteiger partial charge in [0.1, 0.15) is 0 Å². The number of carbonyl (C=O) groups excluding carboxylic acids is 2. The quantitative estimate of drug-likeness (QED) is 0.563. The molecule has 2 amide bonds. The molecule has 0 unspecified atom stereocenters. The molecular weight excluding hydrogens is 368 g/mol. The molecule has 0 aliphatic heterocycles. The Balaban J connectivity index is 1.56. The van der Waals surface area contributed by atoms with E-state index < -0.39 is 0 Å². The van der Waals surface area contributed by atoms with Gasteiger partial charge in [-0.1, -0.05) is 41.5 Å². The Labute approximate surface area is 169 Å². The van der Waals surface area contributed by atoms with Crippen LogP contribution in [0.25, 0.3) is 0 Å². The number of thioether (sulfide) groups is 1. The predicted molar refractivity (Wildman–Crippen MR) is 116 cm³/mol. The lowest BCUT2D eigenvalue weighted by Crippen LogP contribution is -2.14. The predicted octanol–water partition coefficient (Wildman–Crippen LogP) is 5.29. The molecule has 0 spiro atoms. The monoisotopic (exact) mass is 390 g/mol. The third kappa shape index (κ3) is 5.72. The molecule has 5 heteroatoms. The highest BCUT2D eigenvalue weighted by atomic mass is 32.2. The lowest BCUT2D eigenvalue weighted by molar-refractivity contribution is -0.113. The molecule has 4 nitrogen and oxygen atoms in total. The van der Waals surface area contributed by atoms with Crippen LogP contribution in [0.15, 0.2) is 77.7 Å². The zero-order chi connectivity index (χ0) is 19.9. The van der Waals surface area contributed by atoms with Gasteiger partial charge in [0.15, 0.2) is 0 Å². The van der Waals surface area contributed by atoms with E-state index in [1.54, 1.807) is 6.07 Å². The number of benzene rings is 3. The van der Waals surface area contributed by atoms with E-state index in [2.05, 4.69) is 10.6 Å². The molecule has 3 aromatic rings. The third-order valence-corrected chi connectivity index (χ3v) is 5.07. The lowest BCUT2D eigenvalue weighted by atomic mass is 10.1. The van der Waals surface area contributed by atoms with Crippen LogP contribution in [-0.4, -0.2) is 17.6 Å². The molecule has 0 aliphatic rings. The number of amides is 2. The summed E-state index contributed by atoms with van der Waals surface area (Å²) in [6.45, 7) is 3.96. The summed E-state index contributed by atoms with van der Waals surface area (Å²) in [4.78, 5) is 25.5. The minimum absolute atomic E-state index is 0.0666. The number of hydrogen-bond donors (Lipinski definition) is 2. The van der Waals surface area contributed by atoms with Crippen LogP contribution in [0.4, 0.5) is 11.4 Å². The van der Waals surface area contributed by atoms with E-state index in [0.29, 0.717) is 17.0 Å². The standard InChI is InChI=1S/C23H22N2O2S/c1-16-9-11-19(12-10-16)24-22(26)15-28-21-8-4-7-20(14-21)25-23(27)18-6-3-5-17(2)13-18/h3-14H,15H2,1-2H3,(H,24,26)(H,25,27). The summed E-state index contributed by atoms with van der Waals surface area (Å²) in [5, 5.41) is 5.79. The molecule has 3 aromatic carbocycles. The minimum atomic E-state index is -0.150. The Bertz CT molecular complexity index is 984. The highest BCUT2D eigenvalue weighted by molar-refractivity contribution is 8.00. The molecule has 0 heterocycles. The fourth-order valence-corrected chi connectivity index (χ4v) is 3.39. The second kappa shape index (κ2) is 9.24. The Kier molecular flexibility index (Phi) is 6.50. The summed E-state index contributed by atoms with van der Waals surface area (Å²) in [5.41, 5.74) is 4.30. The van der Waals surface area contributed by atoms with Crippen molar-refractivity contribution in [1.29, 1.82) is 0 Å². The van der Waals surface area contributed by atoms with E-state index in [4.69, 9.17) is 0 Å². The van der Waals surface area contributed by atoms with E-state index >= 15 is 0 Å². The molecule has 0 aromatic heterocycles. The van der Waals surface area contributed by atoms with Crippen LogP contribution in [0.3, 0.4) is 0 Å². The zero-order valence-electron chi connectivity index (χ0n) is 15.9. The molecule has 0 atom stereocenters. The number of rotatable bonds is 6. The van der Waals surface area contributed by atoms with Gasteiger partial charge in [-0.2, -0.15) is 0 Å². The fourth-order valence-electron chi connectivity index (χ4n) is 2.64. The van der Waals surface area contributed by atoms with Crippen molar-refractivity contribution in [3.63, 3.8) is 0 Å². The van der Waals surface area contributed by atoms with Crippen molar-refractivity contribution >= 4 is 35.0 Å². The molecular formula is C23H22N2O2S. The van der Waals surface area contributed by atoms with Crippen molar-refractivity contribution in [2.75, 3.05) is 16.4 Å². The molecule has 0 bridgehead atoms. The van der Waals surface area contributed by atoms with E-state index in [-0.39, 0.29) is 11.8 Å². The van der Waals surface area contributed by atoms with Gasteiger partial charge in [0, 0.05) is 21.8 Å². The average Bonchev–Trinajstić information content (AvgIpc) is 2.68. The maximum absolute atomic E-state index is 12.4. The van der Waals surface area contributed by atoms with Crippen molar-refractivity contribution < 1.29 is 9.59 Å². The normalized spacial score (nSPS) is 10.4. The molecule has 0 saturated carbocycles. The number of carbonyl (C=O) groups is 2. The SMILES string of the molecule is Cc1ccc(NC(=O)CSc2cccc(NC(=O)c3cccc(C)c3)c2)cc1. The van der Waals surface area contributed by atoms with E-state index in [0.717, 1.165) is 21.7 Å². The van der Waals surface area contributed by atoms with E-state index in [1.165, 1.54) is 11.8 Å². The number of nitrogens with one attached hydrogen (secondary N) is 2. The first-order valence-electron chi connectivity index (χ1n) is 8.97. The molecule has 0 aliphatic carbocycles. The highest BCUT2D eigenvalue weighted by Crippen LogP contribution is 2.22. The summed E-state index contributed by atoms with van der Waals surface area (Å²) < 4.78 is 0. The van der Waals surface area contributed by atoms with Gasteiger partial charge in [0.25, 0.3) is 5.91 Å². The molecule has 142 valence electrons. The van der Waals surface area contributed by atoms with Crippen LogP contribution in [0.2, 0.25) is 0 Å². The number of anilines is 2. The number of aryl methyl sites for hydroxylation is 2. The van der Waals surface area contributed by atoms with E-state index in [9.17, 15) is 9.59 Å². The van der Waals surface area contributed by atoms with Gasteiger partial charge in [0.2, 0.25) is 5.91 Å². The van der Waals surface area contributed by atoms with Gasteiger partial charge in [-0.25, -0.2) is 0 Å². The van der Waals surface area contributed by atoms with Crippen LogP contribution >= 0.6 is 11.8 Å². The lowest BCUT2D eigenvalue weighted by Gasteiger charge is -2.09. The van der Waals surface area contributed by atoms with Gasteiger partial charge in [-0.15, -0.1) is 11.8 Å². The summed E-state index contributed by atoms with van der Waals surface area (Å²) in [6, 6.07) is 22.7. The molecule has 28 heavy (non-hydrogen) atoms. The Morgan fingerprint density at radius 3 is 2.29 bits per heavy atom. The molecule has 0 radical (unpaired) electrons. The first kappa shape index (κ1) is 19.7. The van der Waals surface area contributed by atoms with Crippen molar-refractivity contribution in [3.8, 4) is 0 Å². The van der Waals surface area contributed by atoms with E-state index in [1.807, 2.05) is 80.6 Å². The highest BCUT2D eigenvalue weighted by Gasteiger charge is 2.08. The Morgan fingerprint density at radius 2 is 1.54 bits per heavy atom. The van der Waals surface area contributed by atoms with Crippen molar-refractivity contribution in [1.82, 2.24) is 0 Å². The molecule has 2 N–H and O–H groups in total. The van der Waals surface area contributed by atoms with Gasteiger partial charge in [0.05, 0.1) is 5.75 Å². The molecule has 3 rings (SSSR count). The van der Waals surface area contributed by atoms with Crippen LogP contribution in [0, 0.1) is 13.8 Å². The minimum Gasteiger partial charge on any atom is -0.325 e. The maximum atomic E-state index is 12.4. The van der Waals surface area contributed by atoms with Crippen molar-refractivity contribution in [3.05, 3.63) is 89.5 Å².